The number of carbonyl (C=O) groups excluding carboxylic acids is 1. The Morgan fingerprint density at radius 1 is 1.30 bits per heavy atom. The van der Waals surface area contributed by atoms with Crippen molar-refractivity contribution in [2.24, 2.45) is 11.7 Å². The number of carbonyl (C=O) groups is 1. The Balaban J connectivity index is 2.54. The molecule has 0 aliphatic rings. The first-order valence-corrected chi connectivity index (χ1v) is 7.68. The lowest BCUT2D eigenvalue weighted by Crippen LogP contribution is -2.30. The zero-order valence-electron chi connectivity index (χ0n) is 13.7. The number of benzene rings is 1. The van der Waals surface area contributed by atoms with E-state index in [9.17, 15) is 9.90 Å². The highest BCUT2D eigenvalue weighted by molar-refractivity contribution is 6.01. The average Bonchev–Trinajstić information content (AvgIpc) is 2.53. The summed E-state index contributed by atoms with van der Waals surface area (Å²) < 4.78 is 0. The number of aliphatic hydroxyl groups is 1. The van der Waals surface area contributed by atoms with Crippen molar-refractivity contribution in [1.29, 1.82) is 0 Å². The van der Waals surface area contributed by atoms with Crippen molar-refractivity contribution in [2.45, 2.75) is 26.8 Å². The van der Waals surface area contributed by atoms with E-state index < -0.39 is 5.91 Å². The van der Waals surface area contributed by atoms with Gasteiger partial charge in [0, 0.05) is 23.0 Å². The third-order valence-electron chi connectivity index (χ3n) is 3.99. The predicted molar refractivity (Wildman–Crippen MR) is 92.3 cm³/mol. The number of anilines is 1. The van der Waals surface area contributed by atoms with Crippen molar-refractivity contribution in [3.05, 3.63) is 47.7 Å². The molecule has 1 atom stereocenters. The van der Waals surface area contributed by atoms with Crippen LogP contribution in [0.5, 0.6) is 0 Å². The van der Waals surface area contributed by atoms with Gasteiger partial charge in [0.1, 0.15) is 0 Å². The summed E-state index contributed by atoms with van der Waals surface area (Å²) in [7, 11) is 0. The number of hydrogen-bond donors (Lipinski definition) is 3. The summed E-state index contributed by atoms with van der Waals surface area (Å²) in [5, 5.41) is 12.9. The Morgan fingerprint density at radius 3 is 2.57 bits per heavy atom. The maximum absolute atomic E-state index is 11.8. The van der Waals surface area contributed by atoms with E-state index in [2.05, 4.69) is 10.3 Å². The Bertz CT molecular complexity index is 684. The highest BCUT2D eigenvalue weighted by Crippen LogP contribution is 2.31. The maximum atomic E-state index is 11.8. The lowest BCUT2D eigenvalue weighted by atomic mass is 9.95. The zero-order valence-corrected chi connectivity index (χ0v) is 13.7. The lowest BCUT2D eigenvalue weighted by molar-refractivity contribution is 0.100. The van der Waals surface area contributed by atoms with Crippen LogP contribution in [0.2, 0.25) is 0 Å². The van der Waals surface area contributed by atoms with Crippen LogP contribution in [-0.4, -0.2) is 28.6 Å². The minimum Gasteiger partial charge on any atom is -0.394 e. The largest absolute Gasteiger partial charge is 0.394 e. The first-order chi connectivity index (χ1) is 11.0. The first kappa shape index (κ1) is 17.0. The van der Waals surface area contributed by atoms with Gasteiger partial charge in [-0.3, -0.25) is 9.78 Å². The molecular formula is C18H23N3O2. The van der Waals surface area contributed by atoms with E-state index in [1.807, 2.05) is 45.0 Å². The van der Waals surface area contributed by atoms with Crippen LogP contribution in [0.3, 0.4) is 0 Å². The van der Waals surface area contributed by atoms with Gasteiger partial charge in [-0.15, -0.1) is 0 Å². The van der Waals surface area contributed by atoms with E-state index in [-0.39, 0.29) is 18.6 Å². The van der Waals surface area contributed by atoms with Crippen molar-refractivity contribution < 1.29 is 9.90 Å². The SMILES string of the molecule is Cc1c(N[C@@H](CO)C(C)C)ccc(C(N)=O)c1-c1ccccn1. The number of aromatic nitrogens is 1. The number of hydrogen-bond acceptors (Lipinski definition) is 4. The molecule has 23 heavy (non-hydrogen) atoms. The van der Waals surface area contributed by atoms with Crippen LogP contribution in [0.1, 0.15) is 29.8 Å². The summed E-state index contributed by atoms with van der Waals surface area (Å²) in [6, 6.07) is 9.01. The smallest absolute Gasteiger partial charge is 0.249 e. The van der Waals surface area contributed by atoms with Crippen LogP contribution in [0, 0.1) is 12.8 Å². The van der Waals surface area contributed by atoms with E-state index in [1.165, 1.54) is 0 Å². The van der Waals surface area contributed by atoms with E-state index in [4.69, 9.17) is 5.73 Å². The van der Waals surface area contributed by atoms with Crippen LogP contribution in [-0.2, 0) is 0 Å². The summed E-state index contributed by atoms with van der Waals surface area (Å²) in [4.78, 5) is 16.1. The molecule has 122 valence electrons. The topological polar surface area (TPSA) is 88.2 Å². The van der Waals surface area contributed by atoms with Gasteiger partial charge in [0.2, 0.25) is 5.91 Å². The Morgan fingerprint density at radius 2 is 2.04 bits per heavy atom. The second-order valence-electron chi connectivity index (χ2n) is 5.92. The number of aliphatic hydroxyl groups excluding tert-OH is 1. The molecule has 0 aliphatic carbocycles. The number of nitrogens with one attached hydrogen (secondary N) is 1. The van der Waals surface area contributed by atoms with Crippen molar-refractivity contribution in [3.8, 4) is 11.3 Å². The number of nitrogens with two attached hydrogens (primary N) is 1. The summed E-state index contributed by atoms with van der Waals surface area (Å²) >= 11 is 0. The molecule has 5 nitrogen and oxygen atoms in total. The van der Waals surface area contributed by atoms with E-state index in [1.54, 1.807) is 12.3 Å². The molecule has 1 aromatic carbocycles. The molecule has 0 fully saturated rings. The summed E-state index contributed by atoms with van der Waals surface area (Å²) in [5.41, 5.74) is 9.14. The van der Waals surface area contributed by atoms with Gasteiger partial charge < -0.3 is 16.2 Å². The van der Waals surface area contributed by atoms with Gasteiger partial charge >= 0.3 is 0 Å². The Labute approximate surface area is 136 Å². The fourth-order valence-corrected chi connectivity index (χ4v) is 2.54. The molecule has 0 saturated heterocycles. The molecule has 2 rings (SSSR count). The molecule has 0 radical (unpaired) electrons. The molecule has 1 amide bonds. The maximum Gasteiger partial charge on any atom is 0.249 e. The van der Waals surface area contributed by atoms with Crippen molar-refractivity contribution in [3.63, 3.8) is 0 Å². The number of nitrogens with zero attached hydrogens (tertiary/aromatic N) is 1. The minimum atomic E-state index is -0.483. The molecule has 5 heteroatoms. The van der Waals surface area contributed by atoms with Gasteiger partial charge in [-0.05, 0) is 42.7 Å². The molecule has 0 saturated carbocycles. The highest BCUT2D eigenvalue weighted by atomic mass is 16.3. The monoisotopic (exact) mass is 313 g/mol. The van der Waals surface area contributed by atoms with Gasteiger partial charge in [-0.2, -0.15) is 0 Å². The fraction of sp³-hybridized carbons (Fsp3) is 0.333. The predicted octanol–water partition coefficient (Wildman–Crippen LogP) is 2.58. The number of rotatable bonds is 6. The van der Waals surface area contributed by atoms with Crippen LogP contribution >= 0.6 is 0 Å². The molecule has 0 unspecified atom stereocenters. The minimum absolute atomic E-state index is 0.0353. The van der Waals surface area contributed by atoms with E-state index in [0.29, 0.717) is 11.3 Å². The molecule has 1 heterocycles. The van der Waals surface area contributed by atoms with Crippen molar-refractivity contribution in [2.75, 3.05) is 11.9 Å². The van der Waals surface area contributed by atoms with Crippen LogP contribution < -0.4 is 11.1 Å². The molecular weight excluding hydrogens is 290 g/mol. The average molecular weight is 313 g/mol. The van der Waals surface area contributed by atoms with Gasteiger partial charge in [0.15, 0.2) is 0 Å². The second kappa shape index (κ2) is 7.24. The van der Waals surface area contributed by atoms with E-state index >= 15 is 0 Å². The van der Waals surface area contributed by atoms with Crippen LogP contribution in [0.25, 0.3) is 11.3 Å². The third-order valence-corrected chi connectivity index (χ3v) is 3.99. The Hall–Kier alpha value is -2.40. The number of amides is 1. The molecule has 0 bridgehead atoms. The summed E-state index contributed by atoms with van der Waals surface area (Å²) in [6.45, 7) is 6.04. The molecule has 2 aromatic rings. The fourth-order valence-electron chi connectivity index (χ4n) is 2.54. The van der Waals surface area contributed by atoms with Gasteiger partial charge in [-0.1, -0.05) is 19.9 Å². The number of primary amides is 1. The van der Waals surface area contributed by atoms with E-state index in [0.717, 1.165) is 16.8 Å². The Kier molecular flexibility index (Phi) is 5.34. The molecule has 4 N–H and O–H groups in total. The third kappa shape index (κ3) is 3.68. The van der Waals surface area contributed by atoms with Gasteiger partial charge in [-0.25, -0.2) is 0 Å². The lowest BCUT2D eigenvalue weighted by Gasteiger charge is -2.24. The van der Waals surface area contributed by atoms with Gasteiger partial charge in [0.05, 0.1) is 18.3 Å². The molecule has 0 aliphatic heterocycles. The normalized spacial score (nSPS) is 12.2. The summed E-state index contributed by atoms with van der Waals surface area (Å²) in [6.07, 6.45) is 1.68. The number of pyridine rings is 1. The first-order valence-electron chi connectivity index (χ1n) is 7.68. The molecule has 0 spiro atoms. The second-order valence-corrected chi connectivity index (χ2v) is 5.92. The van der Waals surface area contributed by atoms with Crippen LogP contribution in [0.15, 0.2) is 36.5 Å². The zero-order chi connectivity index (χ0) is 17.0. The quantitative estimate of drug-likeness (QED) is 0.765. The van der Waals surface area contributed by atoms with Crippen molar-refractivity contribution in [1.82, 2.24) is 4.98 Å². The highest BCUT2D eigenvalue weighted by Gasteiger charge is 2.19. The van der Waals surface area contributed by atoms with Crippen LogP contribution in [0.4, 0.5) is 5.69 Å². The standard InChI is InChI=1S/C18H23N3O2/c1-11(2)16(10-22)21-14-8-7-13(18(19)23)17(12(14)3)15-6-4-5-9-20-15/h4-9,11,16,21-22H,10H2,1-3H3,(H2,19,23)/t16-/m0/s1. The summed E-state index contributed by atoms with van der Waals surface area (Å²) in [5.74, 6) is -0.212. The van der Waals surface area contributed by atoms with Gasteiger partial charge in [0.25, 0.3) is 0 Å². The van der Waals surface area contributed by atoms with Crippen molar-refractivity contribution >= 4 is 11.6 Å². The molecule has 1 aromatic heterocycles.